The van der Waals surface area contributed by atoms with Gasteiger partial charge in [0.25, 0.3) is 0 Å². The van der Waals surface area contributed by atoms with Gasteiger partial charge in [-0.15, -0.1) is 0 Å². The van der Waals surface area contributed by atoms with Gasteiger partial charge in [0, 0.05) is 18.3 Å². The third-order valence-corrected chi connectivity index (χ3v) is 4.06. The summed E-state index contributed by atoms with van der Waals surface area (Å²) in [6, 6.07) is 6.51. The number of anilines is 3. The van der Waals surface area contributed by atoms with E-state index >= 15 is 0 Å². The molecule has 1 aliphatic carbocycles. The van der Waals surface area contributed by atoms with Gasteiger partial charge in [-0.05, 0) is 56.5 Å². The number of hydrogen-bond acceptors (Lipinski definition) is 7. The smallest absolute Gasteiger partial charge is 0.232 e. The van der Waals surface area contributed by atoms with E-state index in [0.717, 1.165) is 19.4 Å². The number of rotatable bonds is 9. The predicted octanol–water partition coefficient (Wildman–Crippen LogP) is 2.07. The van der Waals surface area contributed by atoms with Crippen LogP contribution in [0.1, 0.15) is 31.5 Å². The summed E-state index contributed by atoms with van der Waals surface area (Å²) >= 11 is 0. The van der Waals surface area contributed by atoms with E-state index in [2.05, 4.69) is 25.2 Å². The zero-order chi connectivity index (χ0) is 17.6. The van der Waals surface area contributed by atoms with Gasteiger partial charge in [0.2, 0.25) is 11.9 Å². The van der Waals surface area contributed by atoms with E-state index in [1.54, 1.807) is 12.1 Å². The van der Waals surface area contributed by atoms with Gasteiger partial charge in [0.05, 0.1) is 6.54 Å². The predicted molar refractivity (Wildman–Crippen MR) is 93.7 cm³/mol. The fourth-order valence-electron chi connectivity index (χ4n) is 2.67. The van der Waals surface area contributed by atoms with Crippen molar-refractivity contribution >= 4 is 17.6 Å². The van der Waals surface area contributed by atoms with Crippen LogP contribution < -0.4 is 11.1 Å². The topological polar surface area (TPSA) is 100 Å². The van der Waals surface area contributed by atoms with Crippen LogP contribution in [-0.4, -0.2) is 44.2 Å². The summed E-state index contributed by atoms with van der Waals surface area (Å²) in [6.45, 7) is 1.71. The molecule has 0 aliphatic heterocycles. The van der Waals surface area contributed by atoms with Gasteiger partial charge in [-0.2, -0.15) is 15.0 Å². The van der Waals surface area contributed by atoms with Crippen molar-refractivity contribution in [3.8, 4) is 0 Å². The minimum Gasteiger partial charge on any atom is -0.396 e. The highest BCUT2D eigenvalue weighted by molar-refractivity contribution is 5.53. The van der Waals surface area contributed by atoms with Gasteiger partial charge in [0.15, 0.2) is 0 Å². The zero-order valence-electron chi connectivity index (χ0n) is 14.0. The van der Waals surface area contributed by atoms with Crippen molar-refractivity contribution < 1.29 is 9.50 Å². The van der Waals surface area contributed by atoms with E-state index in [0.29, 0.717) is 30.0 Å². The van der Waals surface area contributed by atoms with Crippen LogP contribution in [0.25, 0.3) is 0 Å². The number of aliphatic hydroxyl groups is 1. The highest BCUT2D eigenvalue weighted by Crippen LogP contribution is 2.28. The summed E-state index contributed by atoms with van der Waals surface area (Å²) in [5.74, 6) is 0.804. The first-order valence-electron chi connectivity index (χ1n) is 8.52. The summed E-state index contributed by atoms with van der Waals surface area (Å²) in [4.78, 5) is 15.1. The van der Waals surface area contributed by atoms with Crippen LogP contribution in [0.4, 0.5) is 22.0 Å². The Morgan fingerprint density at radius 3 is 2.60 bits per heavy atom. The maximum atomic E-state index is 13.0. The van der Waals surface area contributed by atoms with Crippen molar-refractivity contribution in [2.75, 3.05) is 24.2 Å². The fraction of sp³-hybridized carbons (Fsp3) is 0.471. The second kappa shape index (κ2) is 8.17. The summed E-state index contributed by atoms with van der Waals surface area (Å²) in [7, 11) is 0. The van der Waals surface area contributed by atoms with E-state index in [1.807, 2.05) is 0 Å². The Kier molecular flexibility index (Phi) is 5.72. The SMILES string of the molecule is Nc1nc(CN(CCCCO)C2CC2)nc(Nc2ccc(F)cc2)n1. The molecule has 1 aliphatic rings. The summed E-state index contributed by atoms with van der Waals surface area (Å²) < 4.78 is 13.0. The van der Waals surface area contributed by atoms with Crippen LogP contribution in [0, 0.1) is 5.82 Å². The number of benzene rings is 1. The van der Waals surface area contributed by atoms with Crippen molar-refractivity contribution in [3.05, 3.63) is 35.9 Å². The molecule has 4 N–H and O–H groups in total. The number of unbranched alkanes of at least 4 members (excludes halogenated alkanes) is 1. The molecule has 0 amide bonds. The molecule has 1 aromatic heterocycles. The van der Waals surface area contributed by atoms with Crippen LogP contribution in [0.5, 0.6) is 0 Å². The number of aromatic nitrogens is 3. The Hall–Kier alpha value is -2.32. The minimum atomic E-state index is -0.302. The fourth-order valence-corrected chi connectivity index (χ4v) is 2.67. The van der Waals surface area contributed by atoms with Crippen LogP contribution in [0.2, 0.25) is 0 Å². The number of aliphatic hydroxyl groups excluding tert-OH is 1. The molecule has 2 aromatic rings. The summed E-state index contributed by atoms with van der Waals surface area (Å²) in [5.41, 5.74) is 6.49. The number of hydrogen-bond donors (Lipinski definition) is 3. The average Bonchev–Trinajstić information content (AvgIpc) is 3.41. The monoisotopic (exact) mass is 346 g/mol. The molecule has 0 spiro atoms. The van der Waals surface area contributed by atoms with E-state index in [-0.39, 0.29) is 18.4 Å². The van der Waals surface area contributed by atoms with Gasteiger partial charge in [0.1, 0.15) is 11.6 Å². The quantitative estimate of drug-likeness (QED) is 0.598. The molecule has 1 aromatic carbocycles. The maximum Gasteiger partial charge on any atom is 0.232 e. The average molecular weight is 346 g/mol. The molecule has 0 unspecified atom stereocenters. The second-order valence-electron chi connectivity index (χ2n) is 6.20. The lowest BCUT2D eigenvalue weighted by Crippen LogP contribution is -2.28. The standard InChI is InChI=1S/C17H23FN6O/c18-12-3-5-13(6-4-12)20-17-22-15(21-16(19)23-17)11-24(14-7-8-14)9-1-2-10-25/h3-6,14,25H,1-2,7-11H2,(H3,19,20,21,22,23). The van der Waals surface area contributed by atoms with Crippen molar-refractivity contribution in [3.63, 3.8) is 0 Å². The number of halogens is 1. The first kappa shape index (κ1) is 17.5. The van der Waals surface area contributed by atoms with Crippen molar-refractivity contribution in [2.45, 2.75) is 38.3 Å². The molecule has 0 bridgehead atoms. The normalized spacial score (nSPS) is 14.0. The summed E-state index contributed by atoms with van der Waals surface area (Å²) in [6.07, 6.45) is 4.09. The lowest BCUT2D eigenvalue weighted by atomic mass is 10.3. The third-order valence-electron chi connectivity index (χ3n) is 4.06. The molecule has 0 saturated heterocycles. The first-order valence-corrected chi connectivity index (χ1v) is 8.52. The lowest BCUT2D eigenvalue weighted by molar-refractivity contribution is 0.225. The van der Waals surface area contributed by atoms with Gasteiger partial charge < -0.3 is 16.2 Å². The molecular weight excluding hydrogens is 323 g/mol. The zero-order valence-corrected chi connectivity index (χ0v) is 14.0. The molecule has 8 heteroatoms. The molecule has 134 valence electrons. The molecule has 1 fully saturated rings. The van der Waals surface area contributed by atoms with Crippen molar-refractivity contribution in [2.24, 2.45) is 0 Å². The Morgan fingerprint density at radius 1 is 1.16 bits per heavy atom. The Morgan fingerprint density at radius 2 is 1.92 bits per heavy atom. The third kappa shape index (κ3) is 5.33. The van der Waals surface area contributed by atoms with Crippen molar-refractivity contribution in [1.82, 2.24) is 19.9 Å². The van der Waals surface area contributed by atoms with Gasteiger partial charge in [-0.3, -0.25) is 4.90 Å². The van der Waals surface area contributed by atoms with E-state index in [4.69, 9.17) is 10.8 Å². The van der Waals surface area contributed by atoms with E-state index < -0.39 is 0 Å². The Balaban J connectivity index is 1.68. The molecular formula is C17H23FN6O. The molecule has 0 radical (unpaired) electrons. The van der Waals surface area contributed by atoms with Crippen LogP contribution in [-0.2, 0) is 6.54 Å². The van der Waals surface area contributed by atoms with Gasteiger partial charge >= 0.3 is 0 Å². The highest BCUT2D eigenvalue weighted by Gasteiger charge is 2.29. The van der Waals surface area contributed by atoms with E-state index in [9.17, 15) is 4.39 Å². The largest absolute Gasteiger partial charge is 0.396 e. The highest BCUT2D eigenvalue weighted by atomic mass is 19.1. The number of nitrogens with one attached hydrogen (secondary N) is 1. The molecule has 7 nitrogen and oxygen atoms in total. The van der Waals surface area contributed by atoms with Gasteiger partial charge in [-0.1, -0.05) is 0 Å². The Labute approximate surface area is 146 Å². The van der Waals surface area contributed by atoms with Crippen LogP contribution >= 0.6 is 0 Å². The van der Waals surface area contributed by atoms with Gasteiger partial charge in [-0.25, -0.2) is 4.39 Å². The van der Waals surface area contributed by atoms with Crippen LogP contribution in [0.15, 0.2) is 24.3 Å². The molecule has 0 atom stereocenters. The van der Waals surface area contributed by atoms with E-state index in [1.165, 1.54) is 25.0 Å². The number of nitrogen functional groups attached to an aromatic ring is 1. The first-order chi connectivity index (χ1) is 12.1. The number of nitrogens with zero attached hydrogens (tertiary/aromatic N) is 4. The van der Waals surface area contributed by atoms with Crippen molar-refractivity contribution in [1.29, 1.82) is 0 Å². The molecule has 1 heterocycles. The molecule has 1 saturated carbocycles. The molecule has 25 heavy (non-hydrogen) atoms. The Bertz CT molecular complexity index is 692. The number of nitrogens with two attached hydrogens (primary N) is 1. The molecule has 3 rings (SSSR count). The van der Waals surface area contributed by atoms with Crippen LogP contribution in [0.3, 0.4) is 0 Å². The summed E-state index contributed by atoms with van der Waals surface area (Å²) in [5, 5.41) is 12.0. The minimum absolute atomic E-state index is 0.153. The second-order valence-corrected chi connectivity index (χ2v) is 6.20. The maximum absolute atomic E-state index is 13.0. The lowest BCUT2D eigenvalue weighted by Gasteiger charge is -2.21.